The second-order valence-corrected chi connectivity index (χ2v) is 5.25. The van der Waals surface area contributed by atoms with E-state index in [0.29, 0.717) is 18.7 Å². The third-order valence-corrected chi connectivity index (χ3v) is 2.37. The maximum Gasteiger partial charge on any atom is 0.407 e. The lowest BCUT2D eigenvalue weighted by atomic mass is 10.1. The quantitative estimate of drug-likeness (QED) is 0.820. The zero-order valence-electron chi connectivity index (χ0n) is 11.9. The first-order chi connectivity index (χ1) is 8.81. The largest absolute Gasteiger partial charge is 0.496 e. The van der Waals surface area contributed by atoms with Crippen molar-refractivity contribution in [2.24, 2.45) is 0 Å². The van der Waals surface area contributed by atoms with E-state index in [0.717, 1.165) is 11.3 Å². The van der Waals surface area contributed by atoms with E-state index in [1.165, 1.54) is 0 Å². The van der Waals surface area contributed by atoms with Crippen molar-refractivity contribution in [2.45, 2.75) is 32.8 Å². The molecular weight excluding hydrogens is 244 g/mol. The van der Waals surface area contributed by atoms with Crippen LogP contribution < -0.4 is 15.8 Å². The van der Waals surface area contributed by atoms with Gasteiger partial charge < -0.3 is 20.5 Å². The summed E-state index contributed by atoms with van der Waals surface area (Å²) in [6.45, 7) is 5.95. The highest BCUT2D eigenvalue weighted by atomic mass is 16.6. The van der Waals surface area contributed by atoms with Gasteiger partial charge in [0.2, 0.25) is 0 Å². The molecule has 0 atom stereocenters. The number of amides is 1. The average molecular weight is 266 g/mol. The maximum atomic E-state index is 11.5. The summed E-state index contributed by atoms with van der Waals surface area (Å²) in [6.07, 6.45) is 0.211. The van der Waals surface area contributed by atoms with Crippen LogP contribution in [-0.4, -0.2) is 25.3 Å². The summed E-state index contributed by atoms with van der Waals surface area (Å²) in [7, 11) is 1.61. The van der Waals surface area contributed by atoms with Gasteiger partial charge in [-0.3, -0.25) is 0 Å². The summed E-state index contributed by atoms with van der Waals surface area (Å²) in [4.78, 5) is 11.5. The van der Waals surface area contributed by atoms with Crippen LogP contribution >= 0.6 is 0 Å². The molecule has 5 nitrogen and oxygen atoms in total. The van der Waals surface area contributed by atoms with Gasteiger partial charge in [-0.2, -0.15) is 0 Å². The number of carbonyl (C=O) groups excluding carboxylic acids is 1. The summed E-state index contributed by atoms with van der Waals surface area (Å²) < 4.78 is 10.4. The number of alkyl carbamates (subject to hydrolysis) is 1. The number of nitrogens with two attached hydrogens (primary N) is 1. The number of rotatable bonds is 4. The number of carbonyl (C=O) groups is 1. The Labute approximate surface area is 114 Å². The smallest absolute Gasteiger partial charge is 0.407 e. The normalized spacial score (nSPS) is 10.9. The Morgan fingerprint density at radius 2 is 2.05 bits per heavy atom. The third-order valence-electron chi connectivity index (χ3n) is 2.37. The molecule has 0 aliphatic carbocycles. The van der Waals surface area contributed by atoms with Crippen molar-refractivity contribution in [2.75, 3.05) is 19.4 Å². The molecule has 5 heteroatoms. The Hall–Kier alpha value is -1.91. The van der Waals surface area contributed by atoms with Gasteiger partial charge in [-0.1, -0.05) is 0 Å². The Kier molecular flexibility index (Phi) is 5.03. The minimum Gasteiger partial charge on any atom is -0.496 e. The van der Waals surface area contributed by atoms with Gasteiger partial charge in [0.05, 0.1) is 7.11 Å². The molecule has 0 aliphatic heterocycles. The molecule has 1 aromatic rings. The van der Waals surface area contributed by atoms with Gasteiger partial charge in [0, 0.05) is 12.2 Å². The standard InChI is InChI=1S/C14H22N2O3/c1-14(2,3)19-13(17)16-8-7-10-9-11(15)5-6-12(10)18-4/h5-6,9H,7-8,15H2,1-4H3,(H,16,17). The van der Waals surface area contributed by atoms with E-state index < -0.39 is 11.7 Å². The van der Waals surface area contributed by atoms with Gasteiger partial charge >= 0.3 is 6.09 Å². The Balaban J connectivity index is 2.49. The lowest BCUT2D eigenvalue weighted by molar-refractivity contribution is 0.0528. The molecule has 1 rings (SSSR count). The van der Waals surface area contributed by atoms with E-state index in [1.54, 1.807) is 13.2 Å². The lowest BCUT2D eigenvalue weighted by Gasteiger charge is -2.19. The van der Waals surface area contributed by atoms with Crippen molar-refractivity contribution in [3.8, 4) is 5.75 Å². The zero-order valence-corrected chi connectivity index (χ0v) is 11.9. The van der Waals surface area contributed by atoms with Crippen LogP contribution in [0.25, 0.3) is 0 Å². The van der Waals surface area contributed by atoms with Crippen LogP contribution in [-0.2, 0) is 11.2 Å². The number of methoxy groups -OCH3 is 1. The average Bonchev–Trinajstić information content (AvgIpc) is 2.27. The van der Waals surface area contributed by atoms with E-state index in [4.69, 9.17) is 15.2 Å². The molecule has 0 aliphatic rings. The first kappa shape index (κ1) is 15.1. The van der Waals surface area contributed by atoms with Crippen LogP contribution in [0.15, 0.2) is 18.2 Å². The van der Waals surface area contributed by atoms with Crippen LogP contribution in [0.1, 0.15) is 26.3 Å². The van der Waals surface area contributed by atoms with Crippen molar-refractivity contribution < 1.29 is 14.3 Å². The van der Waals surface area contributed by atoms with E-state index in [1.807, 2.05) is 32.9 Å². The molecule has 0 heterocycles. The number of hydrogen-bond acceptors (Lipinski definition) is 4. The first-order valence-corrected chi connectivity index (χ1v) is 6.21. The number of nitrogens with one attached hydrogen (secondary N) is 1. The Morgan fingerprint density at radius 1 is 1.37 bits per heavy atom. The van der Waals surface area contributed by atoms with Crippen molar-refractivity contribution >= 4 is 11.8 Å². The zero-order chi connectivity index (χ0) is 14.5. The third kappa shape index (κ3) is 5.50. The molecule has 19 heavy (non-hydrogen) atoms. The van der Waals surface area contributed by atoms with Gasteiger partial charge in [0.1, 0.15) is 11.4 Å². The van der Waals surface area contributed by atoms with Crippen molar-refractivity contribution in [1.82, 2.24) is 5.32 Å². The van der Waals surface area contributed by atoms with Crippen molar-refractivity contribution in [3.05, 3.63) is 23.8 Å². The number of nitrogen functional groups attached to an aromatic ring is 1. The molecule has 106 valence electrons. The van der Waals surface area contributed by atoms with E-state index in [-0.39, 0.29) is 0 Å². The van der Waals surface area contributed by atoms with Crippen LogP contribution in [0.3, 0.4) is 0 Å². The molecule has 0 saturated heterocycles. The molecule has 0 saturated carbocycles. The van der Waals surface area contributed by atoms with E-state index in [2.05, 4.69) is 5.32 Å². The monoisotopic (exact) mass is 266 g/mol. The molecule has 0 unspecified atom stereocenters. The van der Waals surface area contributed by atoms with E-state index >= 15 is 0 Å². The highest BCUT2D eigenvalue weighted by Crippen LogP contribution is 2.21. The minimum atomic E-state index is -0.487. The molecule has 1 aromatic carbocycles. The summed E-state index contributed by atoms with van der Waals surface area (Å²) >= 11 is 0. The second-order valence-electron chi connectivity index (χ2n) is 5.25. The summed E-state index contributed by atoms with van der Waals surface area (Å²) in [5.41, 5.74) is 6.87. The number of hydrogen-bond donors (Lipinski definition) is 2. The van der Waals surface area contributed by atoms with Gasteiger partial charge in [-0.05, 0) is 51.0 Å². The van der Waals surface area contributed by atoms with Gasteiger partial charge in [-0.25, -0.2) is 4.79 Å². The van der Waals surface area contributed by atoms with Crippen LogP contribution in [0.2, 0.25) is 0 Å². The Morgan fingerprint density at radius 3 is 2.63 bits per heavy atom. The van der Waals surface area contributed by atoms with Crippen LogP contribution in [0.4, 0.5) is 10.5 Å². The maximum absolute atomic E-state index is 11.5. The first-order valence-electron chi connectivity index (χ1n) is 6.21. The number of benzene rings is 1. The molecule has 0 bridgehead atoms. The number of ether oxygens (including phenoxy) is 2. The summed E-state index contributed by atoms with van der Waals surface area (Å²) in [5.74, 6) is 0.764. The van der Waals surface area contributed by atoms with Gasteiger partial charge in [0.15, 0.2) is 0 Å². The van der Waals surface area contributed by atoms with Gasteiger partial charge in [0.25, 0.3) is 0 Å². The van der Waals surface area contributed by atoms with Crippen LogP contribution in [0, 0.1) is 0 Å². The second kappa shape index (κ2) is 6.31. The fourth-order valence-electron chi connectivity index (χ4n) is 1.61. The Bertz CT molecular complexity index is 439. The molecular formula is C14H22N2O3. The highest BCUT2D eigenvalue weighted by Gasteiger charge is 2.15. The molecule has 0 aromatic heterocycles. The van der Waals surface area contributed by atoms with Gasteiger partial charge in [-0.15, -0.1) is 0 Å². The number of anilines is 1. The van der Waals surface area contributed by atoms with Crippen LogP contribution in [0.5, 0.6) is 5.75 Å². The fraction of sp³-hybridized carbons (Fsp3) is 0.500. The predicted molar refractivity (Wildman–Crippen MR) is 75.3 cm³/mol. The fourth-order valence-corrected chi connectivity index (χ4v) is 1.61. The molecule has 0 fully saturated rings. The van der Waals surface area contributed by atoms with Crippen molar-refractivity contribution in [3.63, 3.8) is 0 Å². The summed E-state index contributed by atoms with van der Waals surface area (Å²) in [5, 5.41) is 2.70. The highest BCUT2D eigenvalue weighted by molar-refractivity contribution is 5.67. The van der Waals surface area contributed by atoms with Crippen molar-refractivity contribution in [1.29, 1.82) is 0 Å². The minimum absolute atomic E-state index is 0.421. The molecule has 3 N–H and O–H groups in total. The SMILES string of the molecule is COc1ccc(N)cc1CCNC(=O)OC(C)(C)C. The topological polar surface area (TPSA) is 73.6 Å². The van der Waals surface area contributed by atoms with E-state index in [9.17, 15) is 4.79 Å². The summed E-state index contributed by atoms with van der Waals surface area (Å²) in [6, 6.07) is 5.44. The predicted octanol–water partition coefficient (Wildman–Crippen LogP) is 2.34. The molecule has 1 amide bonds. The molecule has 0 spiro atoms. The lowest BCUT2D eigenvalue weighted by Crippen LogP contribution is -2.33. The molecule has 0 radical (unpaired) electrons.